The first-order valence-corrected chi connectivity index (χ1v) is 9.79. The van der Waals surface area contributed by atoms with Gasteiger partial charge in [-0.2, -0.15) is 0 Å². The molecule has 0 atom stereocenters. The molecule has 0 aliphatic carbocycles. The normalized spacial score (nSPS) is 15.7. The molecule has 3 aromatic rings. The SMILES string of the molecule is COc1ccc(F)cc1CN1CCN(Cc2cc(=O)n3c(C)cccc3n2)CC1. The van der Waals surface area contributed by atoms with Crippen molar-refractivity contribution in [3.8, 4) is 5.75 Å². The minimum atomic E-state index is -0.247. The zero-order valence-corrected chi connectivity index (χ0v) is 16.8. The molecule has 0 unspecified atom stereocenters. The second kappa shape index (κ2) is 8.31. The van der Waals surface area contributed by atoms with Crippen LogP contribution in [0.2, 0.25) is 0 Å². The van der Waals surface area contributed by atoms with Gasteiger partial charge in [0.25, 0.3) is 5.56 Å². The fourth-order valence-corrected chi connectivity index (χ4v) is 3.89. The molecule has 1 aromatic carbocycles. The number of nitrogens with zero attached hydrogens (tertiary/aromatic N) is 4. The summed E-state index contributed by atoms with van der Waals surface area (Å²) in [5.41, 5.74) is 3.18. The van der Waals surface area contributed by atoms with Crippen LogP contribution in [0.25, 0.3) is 5.65 Å². The number of hydrogen-bond donors (Lipinski definition) is 0. The highest BCUT2D eigenvalue weighted by Crippen LogP contribution is 2.22. The van der Waals surface area contributed by atoms with E-state index in [-0.39, 0.29) is 11.4 Å². The minimum Gasteiger partial charge on any atom is -0.496 e. The van der Waals surface area contributed by atoms with Gasteiger partial charge in [0.1, 0.15) is 17.2 Å². The first-order chi connectivity index (χ1) is 14.0. The molecule has 0 radical (unpaired) electrons. The molecule has 1 saturated heterocycles. The van der Waals surface area contributed by atoms with Crippen LogP contribution in [0.3, 0.4) is 0 Å². The number of piperazine rings is 1. The van der Waals surface area contributed by atoms with Crippen LogP contribution in [0.4, 0.5) is 4.39 Å². The summed E-state index contributed by atoms with van der Waals surface area (Å²) in [4.78, 5) is 21.7. The van der Waals surface area contributed by atoms with Crippen molar-refractivity contribution >= 4 is 5.65 Å². The first-order valence-electron chi connectivity index (χ1n) is 9.79. The van der Waals surface area contributed by atoms with Crippen molar-refractivity contribution < 1.29 is 9.13 Å². The summed E-state index contributed by atoms with van der Waals surface area (Å²) in [6.45, 7) is 6.68. The number of fused-ring (bicyclic) bond motifs is 1. The van der Waals surface area contributed by atoms with Crippen molar-refractivity contribution in [1.82, 2.24) is 19.2 Å². The first kappa shape index (κ1) is 19.5. The van der Waals surface area contributed by atoms with Crippen LogP contribution in [0, 0.1) is 12.7 Å². The maximum absolute atomic E-state index is 13.6. The van der Waals surface area contributed by atoms with Crippen molar-refractivity contribution in [2.45, 2.75) is 20.0 Å². The zero-order chi connectivity index (χ0) is 20.4. The highest BCUT2D eigenvalue weighted by Gasteiger charge is 2.19. The third kappa shape index (κ3) is 4.31. The number of pyridine rings is 1. The quantitative estimate of drug-likeness (QED) is 0.663. The fourth-order valence-electron chi connectivity index (χ4n) is 3.89. The number of aryl methyl sites for hydroxylation is 1. The molecule has 3 heterocycles. The fraction of sp³-hybridized carbons (Fsp3) is 0.364. The molecular weight excluding hydrogens is 371 g/mol. The van der Waals surface area contributed by atoms with Gasteiger partial charge in [0.15, 0.2) is 0 Å². The number of ether oxygens (including phenoxy) is 1. The summed E-state index contributed by atoms with van der Waals surface area (Å²) < 4.78 is 20.6. The van der Waals surface area contributed by atoms with Gasteiger partial charge in [0.05, 0.1) is 12.8 Å². The number of rotatable bonds is 5. The zero-order valence-electron chi connectivity index (χ0n) is 16.8. The molecule has 0 spiro atoms. The standard InChI is InChI=1S/C22H25FN4O2/c1-16-4-3-5-21-24-19(13-22(28)27(16)21)15-26-10-8-25(9-11-26)14-17-12-18(23)6-7-20(17)29-2/h3-7,12-13H,8-11,14-15H2,1-2H3. The lowest BCUT2D eigenvalue weighted by atomic mass is 10.1. The van der Waals surface area contributed by atoms with Gasteiger partial charge in [0, 0.05) is 56.6 Å². The van der Waals surface area contributed by atoms with Crippen LogP contribution in [0.5, 0.6) is 5.75 Å². The van der Waals surface area contributed by atoms with Gasteiger partial charge in [-0.25, -0.2) is 9.37 Å². The molecular formula is C22H25FN4O2. The van der Waals surface area contributed by atoms with Crippen molar-refractivity contribution in [2.24, 2.45) is 0 Å². The molecule has 7 heteroatoms. The largest absolute Gasteiger partial charge is 0.496 e. The van der Waals surface area contributed by atoms with Crippen molar-refractivity contribution in [1.29, 1.82) is 0 Å². The third-order valence-electron chi connectivity index (χ3n) is 5.42. The Morgan fingerprint density at radius 1 is 1.03 bits per heavy atom. The van der Waals surface area contributed by atoms with E-state index >= 15 is 0 Å². The van der Waals surface area contributed by atoms with E-state index in [1.54, 1.807) is 29.7 Å². The Hall–Kier alpha value is -2.77. The molecule has 0 saturated carbocycles. The summed E-state index contributed by atoms with van der Waals surface area (Å²) in [6, 6.07) is 11.9. The Kier molecular flexibility index (Phi) is 5.60. The monoisotopic (exact) mass is 396 g/mol. The molecule has 2 aromatic heterocycles. The van der Waals surface area contributed by atoms with Gasteiger partial charge in [-0.05, 0) is 37.3 Å². The molecule has 6 nitrogen and oxygen atoms in total. The van der Waals surface area contributed by atoms with Crippen molar-refractivity contribution in [3.05, 3.63) is 75.6 Å². The van der Waals surface area contributed by atoms with Gasteiger partial charge in [-0.1, -0.05) is 6.07 Å². The molecule has 1 fully saturated rings. The smallest absolute Gasteiger partial charge is 0.258 e. The summed E-state index contributed by atoms with van der Waals surface area (Å²) in [6.07, 6.45) is 0. The van der Waals surface area contributed by atoms with E-state index in [0.717, 1.165) is 43.1 Å². The van der Waals surface area contributed by atoms with Gasteiger partial charge in [-0.15, -0.1) is 0 Å². The maximum atomic E-state index is 13.6. The second-order valence-electron chi connectivity index (χ2n) is 7.45. The van der Waals surface area contributed by atoms with E-state index in [1.807, 2.05) is 25.1 Å². The van der Waals surface area contributed by atoms with Gasteiger partial charge < -0.3 is 4.74 Å². The lowest BCUT2D eigenvalue weighted by Crippen LogP contribution is -2.45. The van der Waals surface area contributed by atoms with E-state index < -0.39 is 0 Å². The Bertz CT molecular complexity index is 1070. The summed E-state index contributed by atoms with van der Waals surface area (Å²) in [7, 11) is 1.61. The van der Waals surface area contributed by atoms with E-state index in [4.69, 9.17) is 4.74 Å². The summed E-state index contributed by atoms with van der Waals surface area (Å²) >= 11 is 0. The molecule has 29 heavy (non-hydrogen) atoms. The highest BCUT2D eigenvalue weighted by atomic mass is 19.1. The average molecular weight is 396 g/mol. The number of hydrogen-bond acceptors (Lipinski definition) is 5. The predicted octanol–water partition coefficient (Wildman–Crippen LogP) is 2.47. The molecule has 1 aliphatic rings. The van der Waals surface area contributed by atoms with Crippen LogP contribution in [-0.4, -0.2) is 52.5 Å². The van der Waals surface area contributed by atoms with E-state index in [0.29, 0.717) is 24.5 Å². The van der Waals surface area contributed by atoms with E-state index in [9.17, 15) is 9.18 Å². The molecule has 152 valence electrons. The van der Waals surface area contributed by atoms with Crippen LogP contribution in [0.15, 0.2) is 47.3 Å². The molecule has 4 rings (SSSR count). The van der Waals surface area contributed by atoms with Crippen LogP contribution >= 0.6 is 0 Å². The minimum absolute atomic E-state index is 0.0417. The van der Waals surface area contributed by atoms with Gasteiger partial charge in [-0.3, -0.25) is 19.0 Å². The lowest BCUT2D eigenvalue weighted by Gasteiger charge is -2.34. The number of aromatic nitrogens is 2. The second-order valence-corrected chi connectivity index (χ2v) is 7.45. The van der Waals surface area contributed by atoms with Gasteiger partial charge in [0.2, 0.25) is 0 Å². The Morgan fingerprint density at radius 2 is 1.76 bits per heavy atom. The molecule has 1 aliphatic heterocycles. The van der Waals surface area contributed by atoms with E-state index in [2.05, 4.69) is 14.8 Å². The van der Waals surface area contributed by atoms with Crippen molar-refractivity contribution in [3.63, 3.8) is 0 Å². The molecule has 0 bridgehead atoms. The average Bonchev–Trinajstić information content (AvgIpc) is 2.69. The van der Waals surface area contributed by atoms with Gasteiger partial charge >= 0.3 is 0 Å². The molecule has 0 N–H and O–H groups in total. The Morgan fingerprint density at radius 3 is 2.48 bits per heavy atom. The highest BCUT2D eigenvalue weighted by molar-refractivity contribution is 5.40. The van der Waals surface area contributed by atoms with Crippen LogP contribution in [-0.2, 0) is 13.1 Å². The number of benzene rings is 1. The third-order valence-corrected chi connectivity index (χ3v) is 5.42. The van der Waals surface area contributed by atoms with Crippen molar-refractivity contribution in [2.75, 3.05) is 33.3 Å². The lowest BCUT2D eigenvalue weighted by molar-refractivity contribution is 0.120. The maximum Gasteiger partial charge on any atom is 0.258 e. The Labute approximate surface area is 169 Å². The van der Waals surface area contributed by atoms with Crippen LogP contribution in [0.1, 0.15) is 17.0 Å². The topological polar surface area (TPSA) is 50.1 Å². The molecule has 0 amide bonds. The van der Waals surface area contributed by atoms with Crippen LogP contribution < -0.4 is 10.3 Å². The Balaban J connectivity index is 1.40. The predicted molar refractivity (Wildman–Crippen MR) is 110 cm³/mol. The van der Waals surface area contributed by atoms with E-state index in [1.165, 1.54) is 6.07 Å². The summed E-state index contributed by atoms with van der Waals surface area (Å²) in [5, 5.41) is 0. The summed E-state index contributed by atoms with van der Waals surface area (Å²) in [5.74, 6) is 0.466. The number of methoxy groups -OCH3 is 1. The number of halogens is 1.